The second kappa shape index (κ2) is 9.00. The fourth-order valence-electron chi connectivity index (χ4n) is 2.59. The zero-order valence-electron chi connectivity index (χ0n) is 11.3. The third-order valence-electron chi connectivity index (χ3n) is 3.74. The zero-order valence-corrected chi connectivity index (χ0v) is 11.3. The molecule has 1 rings (SSSR count). The number of piperidine rings is 1. The van der Waals surface area contributed by atoms with E-state index in [2.05, 4.69) is 24.1 Å². The molecule has 1 heterocycles. The third kappa shape index (κ3) is 5.86. The Morgan fingerprint density at radius 3 is 2.69 bits per heavy atom. The minimum Gasteiger partial charge on any atom is -0.317 e. The standard InChI is InChI=1S/C14H30N2/c1-3-15-11-7-4-5-8-12-16-13-9-6-10-14(16)2/h14-15H,3-13H2,1-2H3. The van der Waals surface area contributed by atoms with Crippen LogP contribution in [0.25, 0.3) is 0 Å². The molecular weight excluding hydrogens is 196 g/mol. The number of rotatable bonds is 8. The highest BCUT2D eigenvalue weighted by molar-refractivity contribution is 4.72. The van der Waals surface area contributed by atoms with Crippen LogP contribution in [0.1, 0.15) is 58.8 Å². The van der Waals surface area contributed by atoms with E-state index < -0.39 is 0 Å². The smallest absolute Gasteiger partial charge is 0.00669 e. The van der Waals surface area contributed by atoms with Gasteiger partial charge in [0, 0.05) is 6.04 Å². The maximum absolute atomic E-state index is 3.39. The highest BCUT2D eigenvalue weighted by Crippen LogP contribution is 2.16. The molecule has 2 nitrogen and oxygen atoms in total. The molecule has 0 spiro atoms. The van der Waals surface area contributed by atoms with Crippen LogP contribution in [-0.2, 0) is 0 Å². The van der Waals surface area contributed by atoms with Gasteiger partial charge in [0.05, 0.1) is 0 Å². The maximum atomic E-state index is 3.39. The minimum atomic E-state index is 0.843. The lowest BCUT2D eigenvalue weighted by atomic mass is 10.0. The Hall–Kier alpha value is -0.0800. The highest BCUT2D eigenvalue weighted by Gasteiger charge is 2.16. The molecule has 2 heteroatoms. The molecule has 1 aliphatic rings. The van der Waals surface area contributed by atoms with E-state index in [-0.39, 0.29) is 0 Å². The normalized spacial score (nSPS) is 22.5. The van der Waals surface area contributed by atoms with Crippen molar-refractivity contribution in [2.75, 3.05) is 26.2 Å². The molecule has 0 radical (unpaired) electrons. The van der Waals surface area contributed by atoms with Gasteiger partial charge in [0.25, 0.3) is 0 Å². The predicted molar refractivity (Wildman–Crippen MR) is 71.9 cm³/mol. The van der Waals surface area contributed by atoms with Gasteiger partial charge in [0.1, 0.15) is 0 Å². The van der Waals surface area contributed by atoms with Crippen LogP contribution < -0.4 is 5.32 Å². The van der Waals surface area contributed by atoms with Gasteiger partial charge in [-0.25, -0.2) is 0 Å². The number of nitrogens with one attached hydrogen (secondary N) is 1. The van der Waals surface area contributed by atoms with Crippen LogP contribution >= 0.6 is 0 Å². The first-order chi connectivity index (χ1) is 7.84. The van der Waals surface area contributed by atoms with Crippen LogP contribution in [0.5, 0.6) is 0 Å². The molecule has 0 aromatic rings. The highest BCUT2D eigenvalue weighted by atomic mass is 15.1. The number of likely N-dealkylation sites (tertiary alicyclic amines) is 1. The van der Waals surface area contributed by atoms with E-state index in [1.807, 2.05) is 0 Å². The third-order valence-corrected chi connectivity index (χ3v) is 3.74. The Bertz CT molecular complexity index is 159. The van der Waals surface area contributed by atoms with Crippen LogP contribution in [0.2, 0.25) is 0 Å². The molecule has 1 unspecified atom stereocenters. The molecule has 0 aromatic carbocycles. The number of hydrogen-bond donors (Lipinski definition) is 1. The lowest BCUT2D eigenvalue weighted by Gasteiger charge is -2.33. The molecule has 0 aliphatic carbocycles. The van der Waals surface area contributed by atoms with Crippen molar-refractivity contribution in [2.24, 2.45) is 0 Å². The molecular formula is C14H30N2. The maximum Gasteiger partial charge on any atom is 0.00669 e. The van der Waals surface area contributed by atoms with Gasteiger partial charge < -0.3 is 10.2 Å². The van der Waals surface area contributed by atoms with Crippen molar-refractivity contribution in [3.05, 3.63) is 0 Å². The van der Waals surface area contributed by atoms with Gasteiger partial charge in [-0.05, 0) is 58.8 Å². The SMILES string of the molecule is CCNCCCCCCN1CCCCC1C. The van der Waals surface area contributed by atoms with Crippen LogP contribution in [0, 0.1) is 0 Å². The van der Waals surface area contributed by atoms with Gasteiger partial charge in [-0.2, -0.15) is 0 Å². The van der Waals surface area contributed by atoms with E-state index in [1.54, 1.807) is 0 Å². The van der Waals surface area contributed by atoms with Crippen molar-refractivity contribution < 1.29 is 0 Å². The second-order valence-corrected chi connectivity index (χ2v) is 5.15. The Labute approximate surface area is 102 Å². The summed E-state index contributed by atoms with van der Waals surface area (Å²) < 4.78 is 0. The van der Waals surface area contributed by atoms with Crippen LogP contribution in [0.3, 0.4) is 0 Å². The first-order valence-electron chi connectivity index (χ1n) is 7.29. The molecule has 1 fully saturated rings. The molecule has 16 heavy (non-hydrogen) atoms. The predicted octanol–water partition coefficient (Wildman–Crippen LogP) is 3.03. The van der Waals surface area contributed by atoms with E-state index in [0.29, 0.717) is 0 Å². The summed E-state index contributed by atoms with van der Waals surface area (Å²) in [5.41, 5.74) is 0. The van der Waals surface area contributed by atoms with Crippen molar-refractivity contribution in [3.63, 3.8) is 0 Å². The fraction of sp³-hybridized carbons (Fsp3) is 1.00. The summed E-state index contributed by atoms with van der Waals surface area (Å²) in [6.07, 6.45) is 9.84. The minimum absolute atomic E-state index is 0.843. The Morgan fingerprint density at radius 2 is 1.94 bits per heavy atom. The van der Waals surface area contributed by atoms with E-state index in [4.69, 9.17) is 0 Å². The summed E-state index contributed by atoms with van der Waals surface area (Å²) in [5, 5.41) is 3.39. The van der Waals surface area contributed by atoms with Gasteiger partial charge in [0.2, 0.25) is 0 Å². The van der Waals surface area contributed by atoms with Crippen LogP contribution in [-0.4, -0.2) is 37.1 Å². The van der Waals surface area contributed by atoms with Gasteiger partial charge in [0.15, 0.2) is 0 Å². The topological polar surface area (TPSA) is 15.3 Å². The van der Waals surface area contributed by atoms with Crippen molar-refractivity contribution in [3.8, 4) is 0 Å². The average Bonchev–Trinajstić information content (AvgIpc) is 2.30. The summed E-state index contributed by atoms with van der Waals surface area (Å²) in [6, 6.07) is 0.843. The van der Waals surface area contributed by atoms with Crippen molar-refractivity contribution in [1.82, 2.24) is 10.2 Å². The Morgan fingerprint density at radius 1 is 1.12 bits per heavy atom. The van der Waals surface area contributed by atoms with Gasteiger partial charge in [-0.3, -0.25) is 0 Å². The van der Waals surface area contributed by atoms with Crippen molar-refractivity contribution in [2.45, 2.75) is 64.8 Å². The first-order valence-corrected chi connectivity index (χ1v) is 7.29. The molecule has 0 saturated carbocycles. The zero-order chi connectivity index (χ0) is 11.6. The molecule has 0 amide bonds. The van der Waals surface area contributed by atoms with E-state index in [0.717, 1.165) is 12.6 Å². The second-order valence-electron chi connectivity index (χ2n) is 5.15. The van der Waals surface area contributed by atoms with E-state index in [1.165, 1.54) is 64.6 Å². The molecule has 1 N–H and O–H groups in total. The quantitative estimate of drug-likeness (QED) is 0.640. The molecule has 1 saturated heterocycles. The summed E-state index contributed by atoms with van der Waals surface area (Å²) >= 11 is 0. The number of nitrogens with zero attached hydrogens (tertiary/aromatic N) is 1. The molecule has 1 aliphatic heterocycles. The summed E-state index contributed by atoms with van der Waals surface area (Å²) in [4.78, 5) is 2.69. The number of hydrogen-bond acceptors (Lipinski definition) is 2. The monoisotopic (exact) mass is 226 g/mol. The van der Waals surface area contributed by atoms with Crippen molar-refractivity contribution in [1.29, 1.82) is 0 Å². The van der Waals surface area contributed by atoms with E-state index >= 15 is 0 Å². The lowest BCUT2D eigenvalue weighted by molar-refractivity contribution is 0.157. The average molecular weight is 226 g/mol. The van der Waals surface area contributed by atoms with E-state index in [9.17, 15) is 0 Å². The summed E-state index contributed by atoms with van der Waals surface area (Å²) in [5.74, 6) is 0. The Balaban J connectivity index is 1.90. The molecule has 0 bridgehead atoms. The molecule has 0 aromatic heterocycles. The fourth-order valence-corrected chi connectivity index (χ4v) is 2.59. The first kappa shape index (κ1) is 14.0. The molecule has 1 atom stereocenters. The molecule has 96 valence electrons. The Kier molecular flexibility index (Phi) is 7.87. The largest absolute Gasteiger partial charge is 0.317 e. The van der Waals surface area contributed by atoms with Gasteiger partial charge in [-0.15, -0.1) is 0 Å². The van der Waals surface area contributed by atoms with Gasteiger partial charge >= 0.3 is 0 Å². The number of unbranched alkanes of at least 4 members (excludes halogenated alkanes) is 3. The summed E-state index contributed by atoms with van der Waals surface area (Å²) in [6.45, 7) is 9.57. The van der Waals surface area contributed by atoms with Crippen molar-refractivity contribution >= 4 is 0 Å². The lowest BCUT2D eigenvalue weighted by Crippen LogP contribution is -2.37. The van der Waals surface area contributed by atoms with Crippen LogP contribution in [0.4, 0.5) is 0 Å². The van der Waals surface area contributed by atoms with Crippen LogP contribution in [0.15, 0.2) is 0 Å². The van der Waals surface area contributed by atoms with Gasteiger partial charge in [-0.1, -0.05) is 26.2 Å². The summed E-state index contributed by atoms with van der Waals surface area (Å²) in [7, 11) is 0.